The van der Waals surface area contributed by atoms with Gasteiger partial charge in [0.2, 0.25) is 0 Å². The van der Waals surface area contributed by atoms with Crippen molar-refractivity contribution in [3.05, 3.63) is 35.1 Å². The van der Waals surface area contributed by atoms with Crippen molar-refractivity contribution in [2.24, 2.45) is 11.7 Å². The number of piperidine rings is 1. The van der Waals surface area contributed by atoms with Crippen LogP contribution < -0.4 is 5.73 Å². The number of hydrogen-bond donors (Lipinski definition) is 1. The molecule has 1 heterocycles. The molecule has 1 aliphatic heterocycles. The van der Waals surface area contributed by atoms with Crippen molar-refractivity contribution in [1.82, 2.24) is 4.90 Å². The first-order valence-electron chi connectivity index (χ1n) is 7.83. The quantitative estimate of drug-likeness (QED) is 0.877. The van der Waals surface area contributed by atoms with Crippen LogP contribution in [0.3, 0.4) is 0 Å². The van der Waals surface area contributed by atoms with Crippen molar-refractivity contribution >= 4 is 0 Å². The van der Waals surface area contributed by atoms with Crippen LogP contribution in [-0.4, -0.2) is 38.3 Å². The Labute approximate surface area is 127 Å². The van der Waals surface area contributed by atoms with E-state index >= 15 is 0 Å². The van der Waals surface area contributed by atoms with Gasteiger partial charge in [0.15, 0.2) is 0 Å². The standard InChI is InChI=1S/C17H27FN2O/c1-13-5-6-15(10-16(13)18)17(19)7-9-20-8-3-4-14(11-20)12-21-2/h5-6,10,14,17H,3-4,7-9,11-12,19H2,1-2H3. The highest BCUT2D eigenvalue weighted by Crippen LogP contribution is 2.21. The number of benzene rings is 1. The van der Waals surface area contributed by atoms with E-state index < -0.39 is 0 Å². The normalized spacial score (nSPS) is 21.4. The highest BCUT2D eigenvalue weighted by Gasteiger charge is 2.20. The lowest BCUT2D eigenvalue weighted by molar-refractivity contribution is 0.0892. The lowest BCUT2D eigenvalue weighted by Gasteiger charge is -2.33. The van der Waals surface area contributed by atoms with E-state index in [1.54, 1.807) is 26.2 Å². The fourth-order valence-electron chi connectivity index (χ4n) is 3.05. The molecule has 4 heteroatoms. The third-order valence-corrected chi connectivity index (χ3v) is 4.39. The average molecular weight is 294 g/mol. The molecule has 1 aliphatic rings. The molecule has 3 nitrogen and oxygen atoms in total. The second-order valence-electron chi connectivity index (χ2n) is 6.17. The molecular formula is C17H27FN2O. The van der Waals surface area contributed by atoms with Crippen molar-refractivity contribution in [2.75, 3.05) is 33.4 Å². The Kier molecular flexibility index (Phi) is 6.15. The fraction of sp³-hybridized carbons (Fsp3) is 0.647. The predicted molar refractivity (Wildman–Crippen MR) is 83.7 cm³/mol. The van der Waals surface area contributed by atoms with Crippen LogP contribution in [0.4, 0.5) is 4.39 Å². The van der Waals surface area contributed by atoms with Crippen LogP contribution in [0.15, 0.2) is 18.2 Å². The third kappa shape index (κ3) is 4.77. The zero-order valence-electron chi connectivity index (χ0n) is 13.1. The predicted octanol–water partition coefficient (Wildman–Crippen LogP) is 2.88. The van der Waals surface area contributed by atoms with E-state index in [-0.39, 0.29) is 11.9 Å². The molecular weight excluding hydrogens is 267 g/mol. The van der Waals surface area contributed by atoms with Gasteiger partial charge in [-0.05, 0) is 62.4 Å². The Morgan fingerprint density at radius 2 is 2.29 bits per heavy atom. The molecule has 2 atom stereocenters. The molecule has 0 radical (unpaired) electrons. The molecule has 0 aliphatic carbocycles. The highest BCUT2D eigenvalue weighted by molar-refractivity contribution is 5.25. The summed E-state index contributed by atoms with van der Waals surface area (Å²) in [6, 6.07) is 5.22. The van der Waals surface area contributed by atoms with Gasteiger partial charge in [0, 0.05) is 19.7 Å². The molecule has 118 valence electrons. The topological polar surface area (TPSA) is 38.5 Å². The summed E-state index contributed by atoms with van der Waals surface area (Å²) < 4.78 is 18.8. The van der Waals surface area contributed by atoms with Crippen molar-refractivity contribution < 1.29 is 9.13 Å². The largest absolute Gasteiger partial charge is 0.384 e. The second-order valence-corrected chi connectivity index (χ2v) is 6.17. The van der Waals surface area contributed by atoms with Gasteiger partial charge in [0.25, 0.3) is 0 Å². The molecule has 0 aromatic heterocycles. The van der Waals surface area contributed by atoms with Gasteiger partial charge in [0.1, 0.15) is 5.82 Å². The lowest BCUT2D eigenvalue weighted by atomic mass is 9.97. The maximum Gasteiger partial charge on any atom is 0.126 e. The molecule has 1 aromatic rings. The average Bonchev–Trinajstić information content (AvgIpc) is 2.48. The number of halogens is 1. The molecule has 0 saturated carbocycles. The van der Waals surface area contributed by atoms with Crippen LogP contribution in [0, 0.1) is 18.7 Å². The number of nitrogens with two attached hydrogens (primary N) is 1. The smallest absolute Gasteiger partial charge is 0.126 e. The highest BCUT2D eigenvalue weighted by atomic mass is 19.1. The van der Waals surface area contributed by atoms with Crippen LogP contribution >= 0.6 is 0 Å². The molecule has 0 bridgehead atoms. The van der Waals surface area contributed by atoms with Crippen LogP contribution in [0.2, 0.25) is 0 Å². The Bertz CT molecular complexity index is 450. The van der Waals surface area contributed by atoms with Crippen LogP contribution in [0.5, 0.6) is 0 Å². The maximum absolute atomic E-state index is 13.6. The second kappa shape index (κ2) is 7.87. The van der Waals surface area contributed by atoms with E-state index in [1.165, 1.54) is 12.8 Å². The SMILES string of the molecule is COCC1CCCN(CCC(N)c2ccc(C)c(F)c2)C1. The van der Waals surface area contributed by atoms with E-state index in [4.69, 9.17) is 10.5 Å². The van der Waals surface area contributed by atoms with Gasteiger partial charge in [-0.3, -0.25) is 0 Å². The number of likely N-dealkylation sites (tertiary alicyclic amines) is 1. The van der Waals surface area contributed by atoms with Gasteiger partial charge in [-0.1, -0.05) is 12.1 Å². The lowest BCUT2D eigenvalue weighted by Crippen LogP contribution is -2.38. The fourth-order valence-corrected chi connectivity index (χ4v) is 3.05. The minimum absolute atomic E-state index is 0.0945. The minimum atomic E-state index is -0.166. The third-order valence-electron chi connectivity index (χ3n) is 4.39. The molecule has 2 N–H and O–H groups in total. The first-order valence-corrected chi connectivity index (χ1v) is 7.83. The summed E-state index contributed by atoms with van der Waals surface area (Å²) in [6.07, 6.45) is 3.34. The van der Waals surface area contributed by atoms with Crippen LogP contribution in [-0.2, 0) is 4.74 Å². The number of hydrogen-bond acceptors (Lipinski definition) is 3. The molecule has 1 aromatic carbocycles. The molecule has 0 amide bonds. The Hall–Kier alpha value is -0.970. The minimum Gasteiger partial charge on any atom is -0.384 e. The summed E-state index contributed by atoms with van der Waals surface area (Å²) in [5.41, 5.74) is 7.77. The summed E-state index contributed by atoms with van der Waals surface area (Å²) in [7, 11) is 1.76. The number of nitrogens with zero attached hydrogens (tertiary/aromatic N) is 1. The maximum atomic E-state index is 13.6. The number of methoxy groups -OCH3 is 1. The summed E-state index contributed by atoms with van der Waals surface area (Å²) >= 11 is 0. The summed E-state index contributed by atoms with van der Waals surface area (Å²) in [5, 5.41) is 0. The van der Waals surface area contributed by atoms with Crippen LogP contribution in [0.25, 0.3) is 0 Å². The Balaban J connectivity index is 1.82. The van der Waals surface area contributed by atoms with Gasteiger partial charge in [-0.2, -0.15) is 0 Å². The van der Waals surface area contributed by atoms with E-state index in [0.717, 1.165) is 38.2 Å². The van der Waals surface area contributed by atoms with Gasteiger partial charge in [-0.25, -0.2) is 4.39 Å². The zero-order chi connectivity index (χ0) is 15.2. The van der Waals surface area contributed by atoms with Crippen molar-refractivity contribution in [3.8, 4) is 0 Å². The van der Waals surface area contributed by atoms with Gasteiger partial charge in [-0.15, -0.1) is 0 Å². The van der Waals surface area contributed by atoms with E-state index in [1.807, 2.05) is 6.07 Å². The summed E-state index contributed by atoms with van der Waals surface area (Å²) in [6.45, 7) is 5.80. The van der Waals surface area contributed by atoms with E-state index in [0.29, 0.717) is 11.5 Å². The van der Waals surface area contributed by atoms with E-state index in [2.05, 4.69) is 4.90 Å². The molecule has 1 fully saturated rings. The van der Waals surface area contributed by atoms with Crippen LogP contribution in [0.1, 0.15) is 36.4 Å². The van der Waals surface area contributed by atoms with Crippen molar-refractivity contribution in [3.63, 3.8) is 0 Å². The molecule has 1 saturated heterocycles. The molecule has 2 unspecified atom stereocenters. The Morgan fingerprint density at radius 1 is 1.48 bits per heavy atom. The summed E-state index contributed by atoms with van der Waals surface area (Å²) in [5.74, 6) is 0.470. The monoisotopic (exact) mass is 294 g/mol. The molecule has 21 heavy (non-hydrogen) atoms. The van der Waals surface area contributed by atoms with Gasteiger partial charge in [0.05, 0.1) is 6.61 Å². The number of rotatable bonds is 6. The molecule has 2 rings (SSSR count). The molecule has 0 spiro atoms. The van der Waals surface area contributed by atoms with Gasteiger partial charge >= 0.3 is 0 Å². The zero-order valence-corrected chi connectivity index (χ0v) is 13.1. The number of ether oxygens (including phenoxy) is 1. The summed E-state index contributed by atoms with van der Waals surface area (Å²) in [4.78, 5) is 2.46. The number of aryl methyl sites for hydroxylation is 1. The first-order chi connectivity index (χ1) is 10.1. The van der Waals surface area contributed by atoms with Gasteiger partial charge < -0.3 is 15.4 Å². The van der Waals surface area contributed by atoms with Crippen molar-refractivity contribution in [2.45, 2.75) is 32.2 Å². The Morgan fingerprint density at radius 3 is 3.00 bits per heavy atom. The first kappa shape index (κ1) is 16.4. The van der Waals surface area contributed by atoms with Crippen molar-refractivity contribution in [1.29, 1.82) is 0 Å². The van der Waals surface area contributed by atoms with E-state index in [9.17, 15) is 4.39 Å².